The van der Waals surface area contributed by atoms with E-state index in [0.29, 0.717) is 52.5 Å². The van der Waals surface area contributed by atoms with Gasteiger partial charge in [-0.25, -0.2) is 0 Å². The maximum Gasteiger partial charge on any atom is 0.283 e. The van der Waals surface area contributed by atoms with Crippen molar-refractivity contribution in [1.29, 1.82) is 0 Å². The second-order valence-electron chi connectivity index (χ2n) is 5.08. The van der Waals surface area contributed by atoms with E-state index >= 15 is 0 Å². The van der Waals surface area contributed by atoms with Gasteiger partial charge in [0.15, 0.2) is 0 Å². The molecule has 0 rings (SSSR count). The molecule has 0 N–H and O–H groups in total. The summed E-state index contributed by atoms with van der Waals surface area (Å²) in [6, 6.07) is 0. The van der Waals surface area contributed by atoms with Crippen molar-refractivity contribution in [1.82, 2.24) is 0 Å². The zero-order valence-electron chi connectivity index (χ0n) is 16.9. The highest BCUT2D eigenvalue weighted by molar-refractivity contribution is 7.99. The first-order valence-electron chi connectivity index (χ1n) is 9.48. The summed E-state index contributed by atoms with van der Waals surface area (Å²) < 4.78 is 34.5. The number of thioether (sulfide) groups is 1. The van der Waals surface area contributed by atoms with Crippen LogP contribution in [-0.4, -0.2) is 63.1 Å². The van der Waals surface area contributed by atoms with Crippen molar-refractivity contribution in [2.24, 2.45) is 0 Å². The summed E-state index contributed by atoms with van der Waals surface area (Å²) >= 11 is 1.78. The molecule has 0 amide bonds. The minimum atomic E-state index is -0.942. The lowest BCUT2D eigenvalue weighted by Gasteiger charge is -2.33. The molecule has 0 spiro atoms. The van der Waals surface area contributed by atoms with Crippen LogP contribution in [-0.2, 0) is 28.4 Å². The fourth-order valence-electron chi connectivity index (χ4n) is 2.50. The van der Waals surface area contributed by atoms with E-state index in [-0.39, 0.29) is 0 Å². The van der Waals surface area contributed by atoms with Crippen LogP contribution in [0.25, 0.3) is 0 Å². The van der Waals surface area contributed by atoms with Crippen molar-refractivity contribution < 1.29 is 28.4 Å². The number of hydrogen-bond acceptors (Lipinski definition) is 7. The van der Waals surface area contributed by atoms with Gasteiger partial charge < -0.3 is 28.4 Å². The molecular formula is C18H38O6S. The Morgan fingerprint density at radius 2 is 0.720 bits per heavy atom. The van der Waals surface area contributed by atoms with E-state index in [4.69, 9.17) is 28.4 Å². The van der Waals surface area contributed by atoms with Crippen LogP contribution in [0.3, 0.4) is 0 Å². The summed E-state index contributed by atoms with van der Waals surface area (Å²) in [6.07, 6.45) is 1.33. The van der Waals surface area contributed by atoms with E-state index in [1.807, 2.05) is 41.5 Å². The Morgan fingerprint density at radius 1 is 0.480 bits per heavy atom. The number of ether oxygens (including phenoxy) is 6. The molecule has 0 bridgehead atoms. The van der Waals surface area contributed by atoms with Crippen LogP contribution in [0.15, 0.2) is 0 Å². The van der Waals surface area contributed by atoms with Crippen LogP contribution in [0.1, 0.15) is 54.4 Å². The molecule has 152 valence electrons. The van der Waals surface area contributed by atoms with Crippen LogP contribution in [0, 0.1) is 0 Å². The van der Waals surface area contributed by atoms with Crippen LogP contribution >= 0.6 is 11.8 Å². The van der Waals surface area contributed by atoms with Gasteiger partial charge in [-0.05, 0) is 41.5 Å². The van der Waals surface area contributed by atoms with E-state index in [1.54, 1.807) is 11.8 Å². The molecule has 0 radical (unpaired) electrons. The van der Waals surface area contributed by atoms with Gasteiger partial charge >= 0.3 is 0 Å². The molecule has 0 aliphatic rings. The molecule has 0 atom stereocenters. The minimum absolute atomic E-state index is 0.548. The maximum absolute atomic E-state index is 5.74. The monoisotopic (exact) mass is 382 g/mol. The lowest BCUT2D eigenvalue weighted by Crippen LogP contribution is -2.41. The molecule has 0 aromatic rings. The number of hydrogen-bond donors (Lipinski definition) is 0. The fourth-order valence-corrected chi connectivity index (χ4v) is 3.49. The topological polar surface area (TPSA) is 55.4 Å². The maximum atomic E-state index is 5.74. The van der Waals surface area contributed by atoms with Crippen LogP contribution in [0.5, 0.6) is 0 Å². The lowest BCUT2D eigenvalue weighted by atomic mass is 10.4. The van der Waals surface area contributed by atoms with Crippen LogP contribution in [0.4, 0.5) is 0 Å². The summed E-state index contributed by atoms with van der Waals surface area (Å²) in [4.78, 5) is 0. The highest BCUT2D eigenvalue weighted by atomic mass is 32.2. The van der Waals surface area contributed by atoms with Gasteiger partial charge in [0.25, 0.3) is 11.9 Å². The Kier molecular flexibility index (Phi) is 15.3. The summed E-state index contributed by atoms with van der Waals surface area (Å²) in [7, 11) is 0. The summed E-state index contributed by atoms with van der Waals surface area (Å²) in [6.45, 7) is 15.0. The quantitative estimate of drug-likeness (QED) is 0.262. The third kappa shape index (κ3) is 10.1. The van der Waals surface area contributed by atoms with E-state index < -0.39 is 11.9 Å². The third-order valence-corrected chi connectivity index (χ3v) is 4.28. The van der Waals surface area contributed by atoms with E-state index in [0.717, 1.165) is 11.5 Å². The van der Waals surface area contributed by atoms with Gasteiger partial charge in [0.2, 0.25) is 0 Å². The Balaban J connectivity index is 4.49. The van der Waals surface area contributed by atoms with Crippen molar-refractivity contribution >= 4 is 11.8 Å². The van der Waals surface area contributed by atoms with E-state index in [9.17, 15) is 0 Å². The predicted molar refractivity (Wildman–Crippen MR) is 102 cm³/mol. The van der Waals surface area contributed by atoms with Crippen LogP contribution in [0.2, 0.25) is 0 Å². The Bertz CT molecular complexity index is 241. The molecule has 0 aromatic carbocycles. The molecule has 0 fully saturated rings. The van der Waals surface area contributed by atoms with E-state index in [2.05, 4.69) is 0 Å². The second-order valence-corrected chi connectivity index (χ2v) is 6.30. The average molecular weight is 383 g/mol. The Hall–Kier alpha value is 0.110. The summed E-state index contributed by atoms with van der Waals surface area (Å²) in [5, 5.41) is 0. The standard InChI is InChI=1S/C18H38O6S/c1-7-19-17(20-8-2,21-9-3)13-15-25-16-14-18(22-10-4,23-11-5)24-12-6/h7-16H2,1-6H3. The Labute approximate surface area is 158 Å². The first kappa shape index (κ1) is 25.1. The smallest absolute Gasteiger partial charge is 0.283 e. The first-order valence-corrected chi connectivity index (χ1v) is 10.6. The van der Waals surface area contributed by atoms with E-state index in [1.165, 1.54) is 0 Å². The largest absolute Gasteiger partial charge is 0.328 e. The average Bonchev–Trinajstić information content (AvgIpc) is 2.56. The van der Waals surface area contributed by atoms with Crippen LogP contribution < -0.4 is 0 Å². The van der Waals surface area contributed by atoms with Crippen molar-refractivity contribution in [3.05, 3.63) is 0 Å². The predicted octanol–water partition coefficient (Wildman–Crippen LogP) is 4.03. The van der Waals surface area contributed by atoms with Crippen molar-refractivity contribution in [3.8, 4) is 0 Å². The SMILES string of the molecule is CCOC(CCSCCC(OCC)(OCC)OCC)(OCC)OCC. The lowest BCUT2D eigenvalue weighted by molar-refractivity contribution is -0.377. The molecule has 0 saturated heterocycles. The summed E-state index contributed by atoms with van der Waals surface area (Å²) in [5.41, 5.74) is 0. The van der Waals surface area contributed by atoms with Gasteiger partial charge in [0, 0.05) is 64.0 Å². The summed E-state index contributed by atoms with van der Waals surface area (Å²) in [5.74, 6) is -0.189. The molecule has 7 heteroatoms. The molecule has 0 saturated carbocycles. The zero-order valence-corrected chi connectivity index (χ0v) is 17.7. The number of rotatable bonds is 18. The minimum Gasteiger partial charge on any atom is -0.328 e. The second kappa shape index (κ2) is 15.2. The van der Waals surface area contributed by atoms with Gasteiger partial charge in [-0.3, -0.25) is 0 Å². The third-order valence-electron chi connectivity index (χ3n) is 3.29. The Morgan fingerprint density at radius 3 is 0.920 bits per heavy atom. The van der Waals surface area contributed by atoms with Gasteiger partial charge in [-0.15, -0.1) is 0 Å². The van der Waals surface area contributed by atoms with Gasteiger partial charge in [-0.1, -0.05) is 0 Å². The molecule has 0 aromatic heterocycles. The first-order chi connectivity index (χ1) is 12.1. The van der Waals surface area contributed by atoms with Crippen molar-refractivity contribution in [2.75, 3.05) is 51.1 Å². The molecular weight excluding hydrogens is 344 g/mol. The van der Waals surface area contributed by atoms with Gasteiger partial charge in [-0.2, -0.15) is 11.8 Å². The fraction of sp³-hybridized carbons (Fsp3) is 1.00. The normalized spacial score (nSPS) is 12.7. The van der Waals surface area contributed by atoms with Crippen molar-refractivity contribution in [2.45, 2.75) is 66.3 Å². The molecule has 25 heavy (non-hydrogen) atoms. The molecule has 0 heterocycles. The molecule has 0 aliphatic carbocycles. The van der Waals surface area contributed by atoms with Crippen molar-refractivity contribution in [3.63, 3.8) is 0 Å². The highest BCUT2D eigenvalue weighted by Gasteiger charge is 2.34. The highest BCUT2D eigenvalue weighted by Crippen LogP contribution is 2.26. The van der Waals surface area contributed by atoms with Gasteiger partial charge in [0.05, 0.1) is 0 Å². The molecule has 0 unspecified atom stereocenters. The molecule has 0 aliphatic heterocycles. The zero-order chi connectivity index (χ0) is 19.0. The van der Waals surface area contributed by atoms with Gasteiger partial charge in [0.1, 0.15) is 0 Å². The molecule has 6 nitrogen and oxygen atoms in total.